The van der Waals surface area contributed by atoms with Gasteiger partial charge in [-0.05, 0) is 68.7 Å². The van der Waals surface area contributed by atoms with Crippen LogP contribution in [0.25, 0.3) is 0 Å². The minimum absolute atomic E-state index is 0.453. The number of rotatable bonds is 4. The van der Waals surface area contributed by atoms with E-state index < -0.39 is 0 Å². The Balaban J connectivity index is 1.79. The highest BCUT2D eigenvalue weighted by Gasteiger charge is 2.23. The van der Waals surface area contributed by atoms with E-state index in [4.69, 9.17) is 4.74 Å². The second-order valence-corrected chi connectivity index (χ2v) is 6.20. The third-order valence-electron chi connectivity index (χ3n) is 4.76. The molecule has 0 bridgehead atoms. The van der Waals surface area contributed by atoms with Crippen molar-refractivity contribution in [2.24, 2.45) is 0 Å². The quantitative estimate of drug-likeness (QED) is 0.878. The molecule has 1 aromatic rings. The summed E-state index contributed by atoms with van der Waals surface area (Å²) >= 11 is 0. The Morgan fingerprint density at radius 3 is 2.75 bits per heavy atom. The molecule has 1 unspecified atom stereocenters. The number of hydrogen-bond acceptors (Lipinski definition) is 2. The minimum Gasteiger partial charge on any atom is -0.490 e. The molecule has 1 N–H and O–H groups in total. The first kappa shape index (κ1) is 13.9. The first-order chi connectivity index (χ1) is 9.88. The zero-order valence-corrected chi connectivity index (χ0v) is 12.7. The second kappa shape index (κ2) is 6.62. The van der Waals surface area contributed by atoms with Gasteiger partial charge in [0.25, 0.3) is 0 Å². The van der Waals surface area contributed by atoms with Crippen molar-refractivity contribution in [3.63, 3.8) is 0 Å². The van der Waals surface area contributed by atoms with Crippen molar-refractivity contribution >= 4 is 0 Å². The van der Waals surface area contributed by atoms with Gasteiger partial charge in [0, 0.05) is 6.04 Å². The molecule has 0 saturated heterocycles. The van der Waals surface area contributed by atoms with Crippen LogP contribution in [0.1, 0.15) is 69.0 Å². The van der Waals surface area contributed by atoms with E-state index in [0.29, 0.717) is 12.1 Å². The van der Waals surface area contributed by atoms with E-state index in [0.717, 1.165) is 12.3 Å². The van der Waals surface area contributed by atoms with Crippen molar-refractivity contribution in [1.29, 1.82) is 0 Å². The van der Waals surface area contributed by atoms with E-state index in [1.807, 2.05) is 0 Å². The van der Waals surface area contributed by atoms with E-state index in [1.165, 1.54) is 62.5 Å². The van der Waals surface area contributed by atoms with Crippen LogP contribution in [0.5, 0.6) is 5.75 Å². The highest BCUT2D eigenvalue weighted by molar-refractivity contribution is 5.43. The maximum Gasteiger partial charge on any atom is 0.123 e. The normalized spacial score (nSPS) is 23.4. The summed E-state index contributed by atoms with van der Waals surface area (Å²) in [6, 6.07) is 7.17. The molecule has 0 aliphatic heterocycles. The van der Waals surface area contributed by atoms with Gasteiger partial charge in [0.2, 0.25) is 0 Å². The molecule has 0 heterocycles. The van der Waals surface area contributed by atoms with E-state index in [-0.39, 0.29) is 0 Å². The predicted molar refractivity (Wildman–Crippen MR) is 83.3 cm³/mol. The summed E-state index contributed by atoms with van der Waals surface area (Å²) in [6.07, 6.45) is 10.7. The summed E-state index contributed by atoms with van der Waals surface area (Å²) < 4.78 is 6.35. The molecule has 2 aliphatic rings. The third-order valence-corrected chi connectivity index (χ3v) is 4.76. The van der Waals surface area contributed by atoms with Gasteiger partial charge in [0.15, 0.2) is 0 Å². The molecule has 20 heavy (non-hydrogen) atoms. The van der Waals surface area contributed by atoms with Crippen LogP contribution in [-0.4, -0.2) is 12.6 Å². The van der Waals surface area contributed by atoms with Gasteiger partial charge < -0.3 is 10.1 Å². The first-order valence-corrected chi connectivity index (χ1v) is 8.40. The van der Waals surface area contributed by atoms with Gasteiger partial charge in [-0.2, -0.15) is 0 Å². The standard InChI is InChI=1S/C18H27NO/c1-2-19-17-12-6-11-16-15(17)10-7-13-18(16)20-14-8-4-3-5-9-14/h7,10,13-14,17,19H,2-6,8-9,11-12H2,1H3. The maximum absolute atomic E-state index is 6.35. The van der Waals surface area contributed by atoms with E-state index >= 15 is 0 Å². The molecule has 0 spiro atoms. The van der Waals surface area contributed by atoms with E-state index in [2.05, 4.69) is 30.4 Å². The lowest BCUT2D eigenvalue weighted by atomic mass is 9.87. The smallest absolute Gasteiger partial charge is 0.123 e. The van der Waals surface area contributed by atoms with Crippen LogP contribution in [0.2, 0.25) is 0 Å². The van der Waals surface area contributed by atoms with Gasteiger partial charge in [0.05, 0.1) is 6.10 Å². The number of benzene rings is 1. The van der Waals surface area contributed by atoms with Crippen molar-refractivity contribution in [2.45, 2.75) is 70.4 Å². The van der Waals surface area contributed by atoms with Crippen molar-refractivity contribution in [3.05, 3.63) is 29.3 Å². The summed E-state index contributed by atoms with van der Waals surface area (Å²) in [4.78, 5) is 0. The Hall–Kier alpha value is -1.02. The molecule has 1 fully saturated rings. The van der Waals surface area contributed by atoms with Crippen LogP contribution < -0.4 is 10.1 Å². The molecule has 3 rings (SSSR count). The second-order valence-electron chi connectivity index (χ2n) is 6.20. The van der Waals surface area contributed by atoms with Gasteiger partial charge in [-0.15, -0.1) is 0 Å². The maximum atomic E-state index is 6.35. The average molecular weight is 273 g/mol. The Morgan fingerprint density at radius 1 is 1.10 bits per heavy atom. The zero-order chi connectivity index (χ0) is 13.8. The lowest BCUT2D eigenvalue weighted by molar-refractivity contribution is 0.153. The van der Waals surface area contributed by atoms with Crippen LogP contribution in [0.4, 0.5) is 0 Å². The van der Waals surface area contributed by atoms with Gasteiger partial charge in [0.1, 0.15) is 5.75 Å². The zero-order valence-electron chi connectivity index (χ0n) is 12.7. The number of hydrogen-bond donors (Lipinski definition) is 1. The minimum atomic E-state index is 0.453. The molecule has 0 amide bonds. The number of fused-ring (bicyclic) bond motifs is 1. The lowest BCUT2D eigenvalue weighted by Crippen LogP contribution is -2.26. The predicted octanol–water partition coefficient (Wildman–Crippen LogP) is 4.39. The molecule has 2 nitrogen and oxygen atoms in total. The summed E-state index contributed by atoms with van der Waals surface area (Å²) in [5.74, 6) is 1.16. The van der Waals surface area contributed by atoms with Crippen molar-refractivity contribution in [3.8, 4) is 5.75 Å². The van der Waals surface area contributed by atoms with Crippen molar-refractivity contribution in [2.75, 3.05) is 6.54 Å². The molecule has 2 aliphatic carbocycles. The van der Waals surface area contributed by atoms with Crippen molar-refractivity contribution < 1.29 is 4.74 Å². The molecule has 1 aromatic carbocycles. The average Bonchev–Trinajstić information content (AvgIpc) is 2.50. The van der Waals surface area contributed by atoms with Crippen LogP contribution in [0.3, 0.4) is 0 Å². The van der Waals surface area contributed by atoms with Crippen LogP contribution in [0.15, 0.2) is 18.2 Å². The van der Waals surface area contributed by atoms with E-state index in [1.54, 1.807) is 0 Å². The topological polar surface area (TPSA) is 21.3 Å². The van der Waals surface area contributed by atoms with Crippen molar-refractivity contribution in [1.82, 2.24) is 5.32 Å². The van der Waals surface area contributed by atoms with E-state index in [9.17, 15) is 0 Å². The number of ether oxygens (including phenoxy) is 1. The molecular formula is C18H27NO. The van der Waals surface area contributed by atoms with Gasteiger partial charge >= 0.3 is 0 Å². The summed E-state index contributed by atoms with van der Waals surface area (Å²) in [6.45, 7) is 3.23. The first-order valence-electron chi connectivity index (χ1n) is 8.40. The fraction of sp³-hybridized carbons (Fsp3) is 0.667. The molecule has 0 aromatic heterocycles. The molecule has 110 valence electrons. The highest BCUT2D eigenvalue weighted by atomic mass is 16.5. The summed E-state index contributed by atoms with van der Waals surface area (Å²) in [7, 11) is 0. The summed E-state index contributed by atoms with van der Waals surface area (Å²) in [5, 5.41) is 3.62. The third kappa shape index (κ3) is 3.01. The van der Waals surface area contributed by atoms with Gasteiger partial charge in [-0.1, -0.05) is 25.5 Å². The largest absolute Gasteiger partial charge is 0.490 e. The lowest BCUT2D eigenvalue weighted by Gasteiger charge is -2.30. The molecular weight excluding hydrogens is 246 g/mol. The fourth-order valence-electron chi connectivity index (χ4n) is 3.75. The van der Waals surface area contributed by atoms with Crippen LogP contribution in [-0.2, 0) is 6.42 Å². The molecule has 1 atom stereocenters. The van der Waals surface area contributed by atoms with Gasteiger partial charge in [-0.25, -0.2) is 0 Å². The molecule has 1 saturated carbocycles. The Labute approximate surface area is 122 Å². The van der Waals surface area contributed by atoms with Crippen LogP contribution in [0, 0.1) is 0 Å². The molecule has 0 radical (unpaired) electrons. The van der Waals surface area contributed by atoms with Gasteiger partial charge in [-0.3, -0.25) is 0 Å². The highest BCUT2D eigenvalue weighted by Crippen LogP contribution is 2.36. The number of nitrogens with one attached hydrogen (secondary N) is 1. The summed E-state index contributed by atoms with van der Waals surface area (Å²) in [5.41, 5.74) is 2.95. The fourth-order valence-corrected chi connectivity index (χ4v) is 3.75. The SMILES string of the molecule is CCNC1CCCc2c(OC3CCCCC3)cccc21. The Morgan fingerprint density at radius 2 is 1.95 bits per heavy atom. The molecule has 2 heteroatoms. The van der Waals surface area contributed by atoms with Crippen LogP contribution >= 0.6 is 0 Å². The Kier molecular flexibility index (Phi) is 4.62. The Bertz CT molecular complexity index is 437. The monoisotopic (exact) mass is 273 g/mol.